The average Bonchev–Trinajstić information content (AvgIpc) is 3.31. The molecule has 0 amide bonds. The molecule has 0 radical (unpaired) electrons. The zero-order chi connectivity index (χ0) is 23.8. The Bertz CT molecular complexity index is 1160. The maximum absolute atomic E-state index is 10.4. The Kier molecular flexibility index (Phi) is 6.93. The second-order valence-electron chi connectivity index (χ2n) is 8.12. The topological polar surface area (TPSA) is 150 Å². The number of benzene rings is 3. The maximum Gasteiger partial charge on any atom is 0.324 e. The van der Waals surface area contributed by atoms with Gasteiger partial charge in [-0.05, 0) is 0 Å². The molecule has 3 aromatic carbocycles. The lowest BCUT2D eigenvalue weighted by Crippen LogP contribution is -3.00. The van der Waals surface area contributed by atoms with Crippen molar-refractivity contribution in [1.29, 1.82) is 0 Å². The molecule has 2 aliphatic rings. The molecule has 0 atom stereocenters. The summed E-state index contributed by atoms with van der Waals surface area (Å²) < 4.78 is 1.22. The van der Waals surface area contributed by atoms with Crippen LogP contribution in [0.15, 0.2) is 60.7 Å². The molecule has 0 saturated carbocycles. The van der Waals surface area contributed by atoms with Gasteiger partial charge in [0.25, 0.3) is 11.4 Å². The monoisotopic (exact) mass is 530 g/mol. The SMILES string of the molecule is O=[N+]([O-])c1cc([N+](=O)[O-])c(O)c([N+](=O)[O-])c1.[Br-].c1ccc2c(c1)C[N+]1(C2)Cc2ccccc2C1. The van der Waals surface area contributed by atoms with Crippen LogP contribution in [0.2, 0.25) is 0 Å². The first-order valence-electron chi connectivity index (χ1n) is 9.98. The second-order valence-corrected chi connectivity index (χ2v) is 8.12. The van der Waals surface area contributed by atoms with E-state index < -0.39 is 37.6 Å². The highest BCUT2D eigenvalue weighted by atomic mass is 79.9. The second kappa shape index (κ2) is 9.53. The number of nitro benzene ring substituents is 3. The Balaban J connectivity index is 0.000000186. The smallest absolute Gasteiger partial charge is 0.324 e. The number of halogens is 1. The van der Waals surface area contributed by atoms with E-state index in [1.54, 1.807) is 22.3 Å². The van der Waals surface area contributed by atoms with Crippen molar-refractivity contribution in [3.63, 3.8) is 0 Å². The summed E-state index contributed by atoms with van der Waals surface area (Å²) in [4.78, 5) is 27.8. The maximum atomic E-state index is 10.4. The van der Waals surface area contributed by atoms with E-state index in [0.717, 1.165) is 0 Å². The molecule has 0 saturated heterocycles. The summed E-state index contributed by atoms with van der Waals surface area (Å²) in [5.41, 5.74) is 3.22. The van der Waals surface area contributed by atoms with E-state index in [0.29, 0.717) is 12.1 Å². The van der Waals surface area contributed by atoms with E-state index in [1.807, 2.05) is 0 Å². The molecule has 5 rings (SSSR count). The molecule has 2 aliphatic heterocycles. The van der Waals surface area contributed by atoms with Gasteiger partial charge in [-0.1, -0.05) is 48.5 Å². The number of phenols is 1. The van der Waals surface area contributed by atoms with Crippen molar-refractivity contribution in [2.75, 3.05) is 0 Å². The Hall–Kier alpha value is -3.90. The molecule has 11 nitrogen and oxygen atoms in total. The molecule has 0 aliphatic carbocycles. The van der Waals surface area contributed by atoms with Crippen molar-refractivity contribution in [3.8, 4) is 5.75 Å². The number of phenolic OH excluding ortho intramolecular Hbond substituents is 1. The molecular weight excluding hydrogens is 512 g/mol. The number of hydrogen-bond acceptors (Lipinski definition) is 7. The van der Waals surface area contributed by atoms with Crippen molar-refractivity contribution >= 4 is 17.1 Å². The summed E-state index contributed by atoms with van der Waals surface area (Å²) in [6.07, 6.45) is 0. The van der Waals surface area contributed by atoms with E-state index in [2.05, 4.69) is 48.5 Å². The number of quaternary nitrogens is 1. The van der Waals surface area contributed by atoms with Crippen LogP contribution in [0.25, 0.3) is 0 Å². The van der Waals surface area contributed by atoms with E-state index >= 15 is 0 Å². The molecule has 0 fully saturated rings. The molecular formula is C22H19BrN4O7. The molecule has 12 heteroatoms. The summed E-state index contributed by atoms with van der Waals surface area (Å²) in [7, 11) is 0. The third-order valence-corrected chi connectivity index (χ3v) is 5.92. The molecule has 0 bridgehead atoms. The van der Waals surface area contributed by atoms with Gasteiger partial charge in [0.05, 0.1) is 26.9 Å². The van der Waals surface area contributed by atoms with Crippen molar-refractivity contribution < 1.29 is 41.3 Å². The van der Waals surface area contributed by atoms with Crippen LogP contribution < -0.4 is 17.0 Å². The normalized spacial score (nSPS) is 14.2. The molecule has 1 N–H and O–H groups in total. The van der Waals surface area contributed by atoms with Crippen LogP contribution in [0.3, 0.4) is 0 Å². The fourth-order valence-corrected chi connectivity index (χ4v) is 4.49. The lowest BCUT2D eigenvalue weighted by atomic mass is 10.1. The van der Waals surface area contributed by atoms with E-state index in [9.17, 15) is 30.3 Å². The highest BCUT2D eigenvalue weighted by molar-refractivity contribution is 5.64. The Morgan fingerprint density at radius 3 is 1.24 bits per heavy atom. The molecule has 2 heterocycles. The minimum absolute atomic E-state index is 0. The summed E-state index contributed by atoms with van der Waals surface area (Å²) in [6, 6.07) is 18.8. The predicted molar refractivity (Wildman–Crippen MR) is 116 cm³/mol. The van der Waals surface area contributed by atoms with E-state index in [-0.39, 0.29) is 17.0 Å². The lowest BCUT2D eigenvalue weighted by Gasteiger charge is -2.28. The van der Waals surface area contributed by atoms with Crippen LogP contribution in [0.1, 0.15) is 22.3 Å². The van der Waals surface area contributed by atoms with Crippen LogP contribution in [-0.2, 0) is 26.2 Å². The number of fused-ring (bicyclic) bond motifs is 2. The minimum Gasteiger partial charge on any atom is -1.00 e. The first-order chi connectivity index (χ1) is 15.7. The summed E-state index contributed by atoms with van der Waals surface area (Å²) in [6.45, 7) is 4.85. The van der Waals surface area contributed by atoms with Gasteiger partial charge in [-0.2, -0.15) is 0 Å². The van der Waals surface area contributed by atoms with Crippen LogP contribution in [0.5, 0.6) is 5.75 Å². The largest absolute Gasteiger partial charge is 1.00 e. The number of non-ortho nitro benzene ring substituents is 1. The van der Waals surface area contributed by atoms with E-state index in [1.165, 1.54) is 30.7 Å². The van der Waals surface area contributed by atoms with Gasteiger partial charge < -0.3 is 26.6 Å². The number of nitro groups is 3. The van der Waals surface area contributed by atoms with Gasteiger partial charge in [0.2, 0.25) is 0 Å². The molecule has 0 unspecified atom stereocenters. The summed E-state index contributed by atoms with van der Waals surface area (Å²) >= 11 is 0. The Morgan fingerprint density at radius 2 is 0.971 bits per heavy atom. The summed E-state index contributed by atoms with van der Waals surface area (Å²) in [5, 5.41) is 40.2. The first-order valence-corrected chi connectivity index (χ1v) is 9.98. The van der Waals surface area contributed by atoms with Crippen molar-refractivity contribution in [2.45, 2.75) is 26.2 Å². The number of aromatic hydroxyl groups is 1. The van der Waals surface area contributed by atoms with Gasteiger partial charge in [0.15, 0.2) is 0 Å². The molecule has 176 valence electrons. The van der Waals surface area contributed by atoms with Gasteiger partial charge in [-0.3, -0.25) is 30.3 Å². The molecule has 3 aromatic rings. The fourth-order valence-electron chi connectivity index (χ4n) is 4.49. The van der Waals surface area contributed by atoms with Gasteiger partial charge in [0.1, 0.15) is 26.2 Å². The van der Waals surface area contributed by atoms with Crippen molar-refractivity contribution in [1.82, 2.24) is 0 Å². The predicted octanol–water partition coefficient (Wildman–Crippen LogP) is 1.35. The minimum atomic E-state index is -1.21. The quantitative estimate of drug-likeness (QED) is 0.305. The standard InChI is InChI=1S/C16H16N.C6H3N3O7.BrH/c1-2-6-14-10-17(9-13(14)5-1)11-15-7-3-4-8-16(15)12-17;10-6-4(8(13)14)1-3(7(11)12)2-5(6)9(15)16;/h1-8H,9-12H2;1-2,10H;1H/q+1;;/p-1. The third-order valence-electron chi connectivity index (χ3n) is 5.92. The van der Waals surface area contributed by atoms with Crippen LogP contribution in [0, 0.1) is 30.3 Å². The fraction of sp³-hybridized carbons (Fsp3) is 0.182. The molecule has 1 spiro atoms. The number of nitrogens with zero attached hydrogens (tertiary/aromatic N) is 4. The third kappa shape index (κ3) is 4.72. The van der Waals surface area contributed by atoms with Crippen LogP contribution >= 0.6 is 0 Å². The lowest BCUT2D eigenvalue weighted by molar-refractivity contribution is -0.966. The molecule has 34 heavy (non-hydrogen) atoms. The van der Waals surface area contributed by atoms with Gasteiger partial charge >= 0.3 is 11.4 Å². The van der Waals surface area contributed by atoms with Gasteiger partial charge in [-0.25, -0.2) is 0 Å². The van der Waals surface area contributed by atoms with Crippen molar-refractivity contribution in [2.24, 2.45) is 0 Å². The zero-order valence-corrected chi connectivity index (χ0v) is 19.3. The first kappa shape index (κ1) is 24.7. The number of rotatable bonds is 3. The van der Waals surface area contributed by atoms with Crippen LogP contribution in [0.4, 0.5) is 17.1 Å². The Morgan fingerprint density at radius 1 is 0.647 bits per heavy atom. The highest BCUT2D eigenvalue weighted by Crippen LogP contribution is 2.40. The van der Waals surface area contributed by atoms with Crippen molar-refractivity contribution in [3.05, 3.63) is 113 Å². The molecule has 0 aromatic heterocycles. The van der Waals surface area contributed by atoms with Crippen LogP contribution in [-0.4, -0.2) is 24.4 Å². The van der Waals surface area contributed by atoms with Gasteiger partial charge in [0, 0.05) is 22.3 Å². The number of hydrogen-bond donors (Lipinski definition) is 1. The van der Waals surface area contributed by atoms with E-state index in [4.69, 9.17) is 5.11 Å². The Labute approximate surface area is 203 Å². The zero-order valence-electron chi connectivity index (χ0n) is 17.7. The average molecular weight is 531 g/mol. The highest BCUT2D eigenvalue weighted by Gasteiger charge is 2.40. The van der Waals surface area contributed by atoms with Gasteiger partial charge in [-0.15, -0.1) is 0 Å². The summed E-state index contributed by atoms with van der Waals surface area (Å²) in [5.74, 6) is -1.21.